The number of carbonyl (C=O) groups is 2. The number of ketones is 1. The first-order valence-corrected chi connectivity index (χ1v) is 11.4. The Kier molecular flexibility index (Phi) is 4.43. The Labute approximate surface area is 183 Å². The summed E-state index contributed by atoms with van der Waals surface area (Å²) in [5.41, 5.74) is 2.00. The predicted octanol–water partition coefficient (Wildman–Crippen LogP) is 3.78. The third-order valence-corrected chi connectivity index (χ3v) is 7.31. The molecule has 3 aliphatic rings. The van der Waals surface area contributed by atoms with Crippen molar-refractivity contribution in [1.29, 1.82) is 0 Å². The van der Waals surface area contributed by atoms with E-state index in [0.29, 0.717) is 42.6 Å². The fourth-order valence-corrected chi connectivity index (χ4v) is 5.76. The van der Waals surface area contributed by atoms with Crippen LogP contribution in [-0.4, -0.2) is 48.0 Å². The number of anilines is 1. The molecule has 0 aliphatic carbocycles. The highest BCUT2D eigenvalue weighted by molar-refractivity contribution is 7.18. The van der Waals surface area contributed by atoms with Crippen LogP contribution < -0.4 is 14.4 Å². The molecule has 31 heavy (non-hydrogen) atoms. The van der Waals surface area contributed by atoms with Crippen molar-refractivity contribution in [3.05, 3.63) is 47.0 Å². The van der Waals surface area contributed by atoms with Crippen molar-refractivity contribution in [2.24, 2.45) is 0 Å². The average Bonchev–Trinajstić information content (AvgIpc) is 3.33. The molecule has 1 amide bonds. The van der Waals surface area contributed by atoms with Crippen LogP contribution in [0.5, 0.6) is 11.5 Å². The van der Waals surface area contributed by atoms with Gasteiger partial charge >= 0.3 is 5.91 Å². The second-order valence-corrected chi connectivity index (χ2v) is 9.12. The van der Waals surface area contributed by atoms with Crippen LogP contribution in [0.15, 0.2) is 36.4 Å². The summed E-state index contributed by atoms with van der Waals surface area (Å²) in [4.78, 5) is 34.3. The zero-order valence-electron chi connectivity index (χ0n) is 16.9. The van der Waals surface area contributed by atoms with Crippen molar-refractivity contribution in [2.45, 2.75) is 25.3 Å². The number of benzene rings is 2. The van der Waals surface area contributed by atoms with Crippen molar-refractivity contribution in [3.63, 3.8) is 0 Å². The predicted molar refractivity (Wildman–Crippen MR) is 117 cm³/mol. The van der Waals surface area contributed by atoms with E-state index in [1.165, 1.54) is 4.70 Å². The van der Waals surface area contributed by atoms with Crippen LogP contribution in [-0.2, 0) is 4.79 Å². The number of hydrogen-bond acceptors (Lipinski definition) is 7. The molecule has 0 spiro atoms. The summed E-state index contributed by atoms with van der Waals surface area (Å²) in [5, 5.41) is 1.07. The molecule has 6 rings (SSSR count). The van der Waals surface area contributed by atoms with Crippen molar-refractivity contribution >= 4 is 38.9 Å². The lowest BCUT2D eigenvalue weighted by molar-refractivity contribution is -0.114. The minimum absolute atomic E-state index is 0.135. The molecule has 3 aromatic rings. The van der Waals surface area contributed by atoms with Gasteiger partial charge in [0.25, 0.3) is 5.78 Å². The third kappa shape index (κ3) is 3.09. The highest BCUT2D eigenvalue weighted by atomic mass is 32.1. The molecule has 0 N–H and O–H groups in total. The van der Waals surface area contributed by atoms with E-state index in [2.05, 4.69) is 11.0 Å². The summed E-state index contributed by atoms with van der Waals surface area (Å²) in [6.07, 6.45) is 3.18. The Morgan fingerprint density at radius 3 is 2.71 bits per heavy atom. The number of piperidine rings is 1. The molecule has 0 saturated carbocycles. The van der Waals surface area contributed by atoms with Gasteiger partial charge in [-0.25, -0.2) is 4.98 Å². The number of fused-ring (bicyclic) bond motifs is 3. The summed E-state index contributed by atoms with van der Waals surface area (Å²) in [7, 11) is 0. The number of aromatic nitrogens is 1. The molecule has 1 aromatic heterocycles. The van der Waals surface area contributed by atoms with E-state index < -0.39 is 11.7 Å². The van der Waals surface area contributed by atoms with E-state index in [0.717, 1.165) is 36.3 Å². The molecule has 2 aromatic carbocycles. The lowest BCUT2D eigenvalue weighted by Gasteiger charge is -2.37. The molecule has 8 heteroatoms. The molecule has 158 valence electrons. The first kappa shape index (κ1) is 18.8. The molecule has 0 radical (unpaired) electrons. The van der Waals surface area contributed by atoms with Gasteiger partial charge < -0.3 is 9.47 Å². The van der Waals surface area contributed by atoms with Gasteiger partial charge in [0, 0.05) is 12.6 Å². The standard InChI is InChI=1S/C23H21N3O4S/c27-21-14-11-18-19(30-10-9-29-18)12-17(14)26(23(21)28)13-25-8-4-3-6-16(25)22-24-15-5-1-2-7-20(15)31-22/h1-2,5,7,11-12,16H,3-4,6,8-10,13H2. The van der Waals surface area contributed by atoms with Crippen LogP contribution in [0.1, 0.15) is 40.7 Å². The van der Waals surface area contributed by atoms with E-state index in [4.69, 9.17) is 14.5 Å². The van der Waals surface area contributed by atoms with Gasteiger partial charge in [0.15, 0.2) is 11.5 Å². The third-order valence-electron chi connectivity index (χ3n) is 6.17. The average molecular weight is 436 g/mol. The van der Waals surface area contributed by atoms with Gasteiger partial charge in [-0.05, 0) is 31.0 Å². The summed E-state index contributed by atoms with van der Waals surface area (Å²) in [6.45, 7) is 2.12. The lowest BCUT2D eigenvalue weighted by atomic mass is 10.0. The molecule has 0 bridgehead atoms. The second-order valence-electron chi connectivity index (χ2n) is 8.06. The Morgan fingerprint density at radius 2 is 1.87 bits per heavy atom. The first-order chi connectivity index (χ1) is 15.2. The van der Waals surface area contributed by atoms with Gasteiger partial charge in [-0.15, -0.1) is 11.3 Å². The van der Waals surface area contributed by atoms with Gasteiger partial charge in [-0.3, -0.25) is 19.4 Å². The first-order valence-electron chi connectivity index (χ1n) is 10.6. The normalized spacial score (nSPS) is 21.0. The van der Waals surface area contributed by atoms with Gasteiger partial charge in [0.2, 0.25) is 0 Å². The lowest BCUT2D eigenvalue weighted by Crippen LogP contribution is -2.44. The zero-order chi connectivity index (χ0) is 20.9. The number of para-hydroxylation sites is 1. The number of Topliss-reactive ketones (excluding diaryl/α,β-unsaturated/α-hetero) is 1. The molecule has 1 atom stereocenters. The Balaban J connectivity index is 1.33. The number of thiazole rings is 1. The molecular weight excluding hydrogens is 414 g/mol. The molecule has 3 aliphatic heterocycles. The van der Waals surface area contributed by atoms with E-state index >= 15 is 0 Å². The van der Waals surface area contributed by atoms with Gasteiger partial charge in [0.1, 0.15) is 18.2 Å². The van der Waals surface area contributed by atoms with Crippen LogP contribution >= 0.6 is 11.3 Å². The molecular formula is C23H21N3O4S. The molecule has 1 saturated heterocycles. The topological polar surface area (TPSA) is 72.0 Å². The number of likely N-dealkylation sites (tertiary alicyclic amines) is 1. The fourth-order valence-electron chi connectivity index (χ4n) is 4.62. The van der Waals surface area contributed by atoms with E-state index in [1.807, 2.05) is 18.2 Å². The maximum atomic E-state index is 12.9. The summed E-state index contributed by atoms with van der Waals surface area (Å²) in [5.74, 6) is 0.128. The fraction of sp³-hybridized carbons (Fsp3) is 0.348. The van der Waals surface area contributed by atoms with Crippen molar-refractivity contribution in [1.82, 2.24) is 9.88 Å². The van der Waals surface area contributed by atoms with Crippen LogP contribution in [0.3, 0.4) is 0 Å². The van der Waals surface area contributed by atoms with E-state index in [-0.39, 0.29) is 6.04 Å². The maximum Gasteiger partial charge on any atom is 0.300 e. The molecule has 4 heterocycles. The van der Waals surface area contributed by atoms with Gasteiger partial charge in [-0.1, -0.05) is 18.6 Å². The molecule has 1 unspecified atom stereocenters. The van der Waals surface area contributed by atoms with E-state index in [9.17, 15) is 9.59 Å². The van der Waals surface area contributed by atoms with Crippen molar-refractivity contribution in [3.8, 4) is 11.5 Å². The minimum atomic E-state index is -0.494. The highest BCUT2D eigenvalue weighted by Crippen LogP contribution is 2.42. The molecule has 1 fully saturated rings. The quantitative estimate of drug-likeness (QED) is 0.583. The Morgan fingerprint density at radius 1 is 1.06 bits per heavy atom. The van der Waals surface area contributed by atoms with Crippen LogP contribution in [0.2, 0.25) is 0 Å². The Hall–Kier alpha value is -2.97. The second kappa shape index (κ2) is 7.32. The summed E-state index contributed by atoms with van der Waals surface area (Å²) >= 11 is 1.71. The zero-order valence-corrected chi connectivity index (χ0v) is 17.7. The van der Waals surface area contributed by atoms with Crippen LogP contribution in [0.4, 0.5) is 5.69 Å². The number of amides is 1. The summed E-state index contributed by atoms with van der Waals surface area (Å²) in [6, 6.07) is 11.7. The number of ether oxygens (including phenoxy) is 2. The van der Waals surface area contributed by atoms with Crippen LogP contribution in [0.25, 0.3) is 10.2 Å². The number of hydrogen-bond donors (Lipinski definition) is 0. The Bertz CT molecular complexity index is 1170. The van der Waals surface area contributed by atoms with Crippen LogP contribution in [0, 0.1) is 0 Å². The SMILES string of the molecule is O=C1C(=O)N(CN2CCCCC2c2nc3ccccc3s2)c2cc3c(cc21)OCCO3. The smallest absolute Gasteiger partial charge is 0.300 e. The largest absolute Gasteiger partial charge is 0.486 e. The monoisotopic (exact) mass is 435 g/mol. The van der Waals surface area contributed by atoms with E-state index in [1.54, 1.807) is 28.4 Å². The van der Waals surface area contributed by atoms with Crippen molar-refractivity contribution in [2.75, 3.05) is 31.3 Å². The minimum Gasteiger partial charge on any atom is -0.486 e. The van der Waals surface area contributed by atoms with Crippen molar-refractivity contribution < 1.29 is 19.1 Å². The van der Waals surface area contributed by atoms with Gasteiger partial charge in [0.05, 0.1) is 34.2 Å². The number of carbonyl (C=O) groups excluding carboxylic acids is 2. The highest BCUT2D eigenvalue weighted by Gasteiger charge is 2.40. The number of nitrogens with zero attached hydrogens (tertiary/aromatic N) is 3. The number of rotatable bonds is 3. The van der Waals surface area contributed by atoms with Gasteiger partial charge in [-0.2, -0.15) is 0 Å². The molecule has 7 nitrogen and oxygen atoms in total. The maximum absolute atomic E-state index is 12.9. The summed E-state index contributed by atoms with van der Waals surface area (Å²) < 4.78 is 12.5.